The van der Waals surface area contributed by atoms with Crippen molar-refractivity contribution in [2.45, 2.75) is 26.5 Å². The van der Waals surface area contributed by atoms with E-state index in [1.807, 2.05) is 17.7 Å². The van der Waals surface area contributed by atoms with E-state index in [2.05, 4.69) is 10.4 Å². The number of nitrogens with zero attached hydrogens (tertiary/aromatic N) is 2. The minimum atomic E-state index is -1.65. The second-order valence-corrected chi connectivity index (χ2v) is 6.16. The molecule has 1 amide bonds. The summed E-state index contributed by atoms with van der Waals surface area (Å²) in [6, 6.07) is 4.67. The Kier molecular flexibility index (Phi) is 6.20. The van der Waals surface area contributed by atoms with E-state index in [-0.39, 0.29) is 17.6 Å². The van der Waals surface area contributed by atoms with Gasteiger partial charge >= 0.3 is 0 Å². The molecule has 0 fully saturated rings. The minimum Gasteiger partial charge on any atom is -0.479 e. The van der Waals surface area contributed by atoms with Gasteiger partial charge in [0.05, 0.1) is 0 Å². The van der Waals surface area contributed by atoms with Gasteiger partial charge in [0.15, 0.2) is 23.1 Å². The number of aromatic nitrogens is 2. The first-order valence-corrected chi connectivity index (χ1v) is 8.68. The number of carbonyl (C=O) groups excluding carboxylic acids is 1. The average molecular weight is 411 g/mol. The summed E-state index contributed by atoms with van der Waals surface area (Å²) in [4.78, 5) is 12.1. The van der Waals surface area contributed by atoms with Gasteiger partial charge in [0, 0.05) is 31.0 Å². The third kappa shape index (κ3) is 4.76. The minimum absolute atomic E-state index is 0.0368. The van der Waals surface area contributed by atoms with E-state index in [1.165, 1.54) is 12.1 Å². The maximum absolute atomic E-state index is 13.6. The van der Waals surface area contributed by atoms with E-state index in [1.54, 1.807) is 6.20 Å². The van der Waals surface area contributed by atoms with Crippen molar-refractivity contribution < 1.29 is 31.5 Å². The lowest BCUT2D eigenvalue weighted by atomic mass is 10.3. The van der Waals surface area contributed by atoms with Gasteiger partial charge in [0.1, 0.15) is 12.4 Å². The van der Waals surface area contributed by atoms with E-state index in [0.29, 0.717) is 19.5 Å². The summed E-state index contributed by atoms with van der Waals surface area (Å²) in [6.07, 6.45) is 2.34. The first kappa shape index (κ1) is 20.4. The fraction of sp³-hybridized carbons (Fsp3) is 0.263. The lowest BCUT2D eigenvalue weighted by Crippen LogP contribution is -2.25. The maximum Gasteiger partial charge on any atom is 0.286 e. The van der Waals surface area contributed by atoms with E-state index in [4.69, 9.17) is 9.15 Å². The molecule has 10 heteroatoms. The largest absolute Gasteiger partial charge is 0.479 e. The molecular weight excluding hydrogens is 394 g/mol. The van der Waals surface area contributed by atoms with Gasteiger partial charge in [-0.05, 0) is 31.5 Å². The van der Waals surface area contributed by atoms with Crippen LogP contribution in [0.25, 0.3) is 0 Å². The molecule has 3 rings (SSSR count). The summed E-state index contributed by atoms with van der Waals surface area (Å²) in [7, 11) is 0. The molecule has 6 nitrogen and oxygen atoms in total. The molecule has 1 aromatic carbocycles. The molecule has 0 radical (unpaired) electrons. The van der Waals surface area contributed by atoms with Crippen molar-refractivity contribution in [2.24, 2.45) is 0 Å². The molecule has 2 heterocycles. The maximum atomic E-state index is 13.6. The Morgan fingerprint density at radius 2 is 1.90 bits per heavy atom. The number of rotatable bonds is 8. The summed E-state index contributed by atoms with van der Waals surface area (Å²) < 4.78 is 65.3. The van der Waals surface area contributed by atoms with Crippen LogP contribution in [0.3, 0.4) is 0 Å². The molecule has 0 aliphatic rings. The number of carbonyl (C=O) groups is 1. The van der Waals surface area contributed by atoms with Crippen LogP contribution in [-0.4, -0.2) is 22.2 Å². The van der Waals surface area contributed by atoms with Gasteiger partial charge in [-0.2, -0.15) is 13.9 Å². The van der Waals surface area contributed by atoms with Crippen LogP contribution in [0.4, 0.5) is 17.6 Å². The summed E-state index contributed by atoms with van der Waals surface area (Å²) in [5.74, 6) is -8.13. The van der Waals surface area contributed by atoms with E-state index in [0.717, 1.165) is 5.69 Å². The molecule has 0 aliphatic heterocycles. The Morgan fingerprint density at radius 3 is 2.55 bits per heavy atom. The van der Waals surface area contributed by atoms with Gasteiger partial charge < -0.3 is 14.5 Å². The van der Waals surface area contributed by atoms with Crippen LogP contribution in [0, 0.1) is 30.2 Å². The summed E-state index contributed by atoms with van der Waals surface area (Å²) in [6.45, 7) is 2.41. The van der Waals surface area contributed by atoms with Crippen molar-refractivity contribution in [1.82, 2.24) is 15.1 Å². The van der Waals surface area contributed by atoms with Crippen molar-refractivity contribution >= 4 is 5.91 Å². The summed E-state index contributed by atoms with van der Waals surface area (Å²) in [5, 5.41) is 6.80. The zero-order valence-corrected chi connectivity index (χ0v) is 15.3. The standard InChI is InChI=1S/C19H17F4N3O3/c1-11-5-7-25-26(11)8-2-6-24-19(27)15-4-3-12(29-15)10-28-18-16(22)13(20)9-14(21)17(18)23/h3-5,7,9H,2,6,8,10H2,1H3,(H,24,27). The molecule has 0 bridgehead atoms. The normalized spacial score (nSPS) is 10.9. The second-order valence-electron chi connectivity index (χ2n) is 6.16. The average Bonchev–Trinajstić information content (AvgIpc) is 3.33. The Bertz CT molecular complexity index is 990. The Labute approximate surface area is 163 Å². The highest BCUT2D eigenvalue weighted by Crippen LogP contribution is 2.27. The van der Waals surface area contributed by atoms with Gasteiger partial charge in [-0.1, -0.05) is 0 Å². The predicted octanol–water partition coefficient (Wildman–Crippen LogP) is 3.74. The zero-order chi connectivity index (χ0) is 21.0. The quantitative estimate of drug-likeness (QED) is 0.348. The van der Waals surface area contributed by atoms with Gasteiger partial charge in [0.2, 0.25) is 11.6 Å². The van der Waals surface area contributed by atoms with Crippen LogP contribution in [-0.2, 0) is 13.2 Å². The highest BCUT2D eigenvalue weighted by molar-refractivity contribution is 5.91. The Hall–Kier alpha value is -3.30. The fourth-order valence-electron chi connectivity index (χ4n) is 2.55. The van der Waals surface area contributed by atoms with Gasteiger partial charge in [-0.15, -0.1) is 0 Å². The van der Waals surface area contributed by atoms with Crippen molar-refractivity contribution in [3.8, 4) is 5.75 Å². The highest BCUT2D eigenvalue weighted by Gasteiger charge is 2.21. The number of hydrogen-bond donors (Lipinski definition) is 1. The highest BCUT2D eigenvalue weighted by atomic mass is 19.2. The number of ether oxygens (including phenoxy) is 1. The number of hydrogen-bond acceptors (Lipinski definition) is 4. The molecule has 2 aromatic heterocycles. The fourth-order valence-corrected chi connectivity index (χ4v) is 2.55. The van der Waals surface area contributed by atoms with Gasteiger partial charge in [-0.3, -0.25) is 9.48 Å². The molecule has 0 saturated carbocycles. The van der Waals surface area contributed by atoms with Crippen LogP contribution >= 0.6 is 0 Å². The van der Waals surface area contributed by atoms with Crippen LogP contribution < -0.4 is 10.1 Å². The number of aryl methyl sites for hydroxylation is 2. The SMILES string of the molecule is Cc1ccnn1CCCNC(=O)c1ccc(COc2c(F)c(F)cc(F)c2F)o1. The van der Waals surface area contributed by atoms with Crippen molar-refractivity contribution in [1.29, 1.82) is 0 Å². The predicted molar refractivity (Wildman–Crippen MR) is 93.2 cm³/mol. The van der Waals surface area contributed by atoms with E-state index < -0.39 is 41.5 Å². The molecule has 1 N–H and O–H groups in total. The lowest BCUT2D eigenvalue weighted by Gasteiger charge is -2.08. The van der Waals surface area contributed by atoms with Crippen LogP contribution in [0.15, 0.2) is 34.9 Å². The number of furan rings is 1. The molecule has 0 aliphatic carbocycles. The van der Waals surface area contributed by atoms with Crippen molar-refractivity contribution in [3.05, 3.63) is 70.9 Å². The van der Waals surface area contributed by atoms with Crippen LogP contribution in [0.1, 0.15) is 28.4 Å². The molecule has 3 aromatic rings. The smallest absolute Gasteiger partial charge is 0.286 e. The molecule has 29 heavy (non-hydrogen) atoms. The molecule has 0 spiro atoms. The molecule has 0 saturated heterocycles. The Balaban J connectivity index is 1.51. The number of halogens is 4. The van der Waals surface area contributed by atoms with E-state index >= 15 is 0 Å². The number of amides is 1. The monoisotopic (exact) mass is 411 g/mol. The van der Waals surface area contributed by atoms with Gasteiger partial charge in [-0.25, -0.2) is 8.78 Å². The summed E-state index contributed by atoms with van der Waals surface area (Å²) in [5.41, 5.74) is 1.01. The third-order valence-electron chi connectivity index (χ3n) is 4.08. The van der Waals surface area contributed by atoms with Crippen LogP contribution in [0.5, 0.6) is 5.75 Å². The number of nitrogens with one attached hydrogen (secondary N) is 1. The second kappa shape index (κ2) is 8.80. The van der Waals surface area contributed by atoms with Gasteiger partial charge in [0.25, 0.3) is 5.91 Å². The third-order valence-corrected chi connectivity index (χ3v) is 4.08. The molecule has 154 valence electrons. The Morgan fingerprint density at radius 1 is 1.17 bits per heavy atom. The van der Waals surface area contributed by atoms with Crippen molar-refractivity contribution in [3.63, 3.8) is 0 Å². The lowest BCUT2D eigenvalue weighted by molar-refractivity contribution is 0.0920. The van der Waals surface area contributed by atoms with Crippen LogP contribution in [0.2, 0.25) is 0 Å². The first-order valence-electron chi connectivity index (χ1n) is 8.68. The molecule has 0 atom stereocenters. The summed E-state index contributed by atoms with van der Waals surface area (Å²) >= 11 is 0. The molecular formula is C19H17F4N3O3. The first-order chi connectivity index (χ1) is 13.9. The van der Waals surface area contributed by atoms with Crippen molar-refractivity contribution in [2.75, 3.05) is 6.54 Å². The molecule has 0 unspecified atom stereocenters. The van der Waals surface area contributed by atoms with E-state index in [9.17, 15) is 22.4 Å². The number of benzene rings is 1. The topological polar surface area (TPSA) is 69.3 Å². The zero-order valence-electron chi connectivity index (χ0n) is 15.3.